The molecule has 19 heavy (non-hydrogen) atoms. The van der Waals surface area contributed by atoms with Crippen LogP contribution in [0.3, 0.4) is 0 Å². The highest BCUT2D eigenvalue weighted by atomic mass is 15.1. The molecule has 0 saturated carbocycles. The van der Waals surface area contributed by atoms with Crippen LogP contribution in [0.1, 0.15) is 19.4 Å². The van der Waals surface area contributed by atoms with Gasteiger partial charge in [0.2, 0.25) is 0 Å². The fourth-order valence-corrected chi connectivity index (χ4v) is 2.67. The van der Waals surface area contributed by atoms with E-state index in [2.05, 4.69) is 67.4 Å². The molecule has 3 heteroatoms. The standard InChI is InChI=1S/C16H25N3/c1-16(2,12-19(3)4)11-17-10-13-5-6-15-14(9-13)7-8-18-15/h5-9,17-18H,10-12H2,1-4H3. The molecule has 0 atom stereocenters. The zero-order valence-electron chi connectivity index (χ0n) is 12.5. The van der Waals surface area contributed by atoms with E-state index in [1.54, 1.807) is 0 Å². The summed E-state index contributed by atoms with van der Waals surface area (Å²) in [5, 5.41) is 4.85. The van der Waals surface area contributed by atoms with Gasteiger partial charge in [0.05, 0.1) is 0 Å². The Bertz CT molecular complexity index is 526. The van der Waals surface area contributed by atoms with Crippen LogP contribution in [0.4, 0.5) is 0 Å². The first-order chi connectivity index (χ1) is 8.96. The lowest BCUT2D eigenvalue weighted by molar-refractivity contribution is 0.232. The highest BCUT2D eigenvalue weighted by molar-refractivity contribution is 5.79. The normalized spacial score (nSPS) is 12.5. The second-order valence-corrected chi connectivity index (χ2v) is 6.40. The Morgan fingerprint density at radius 2 is 2.00 bits per heavy atom. The van der Waals surface area contributed by atoms with Gasteiger partial charge in [0, 0.05) is 31.3 Å². The van der Waals surface area contributed by atoms with E-state index in [1.807, 2.05) is 6.20 Å². The molecule has 0 aliphatic rings. The molecule has 1 heterocycles. The molecule has 0 unspecified atom stereocenters. The van der Waals surface area contributed by atoms with E-state index >= 15 is 0 Å². The Morgan fingerprint density at radius 1 is 1.21 bits per heavy atom. The van der Waals surface area contributed by atoms with E-state index in [0.717, 1.165) is 19.6 Å². The maximum Gasteiger partial charge on any atom is 0.0454 e. The number of hydrogen-bond acceptors (Lipinski definition) is 2. The summed E-state index contributed by atoms with van der Waals surface area (Å²) in [6, 6.07) is 8.70. The lowest BCUT2D eigenvalue weighted by Gasteiger charge is -2.28. The molecule has 2 aromatic rings. The molecule has 0 spiro atoms. The van der Waals surface area contributed by atoms with Gasteiger partial charge in [-0.25, -0.2) is 0 Å². The van der Waals surface area contributed by atoms with Crippen molar-refractivity contribution in [1.29, 1.82) is 0 Å². The smallest absolute Gasteiger partial charge is 0.0454 e. The summed E-state index contributed by atoms with van der Waals surface area (Å²) >= 11 is 0. The second-order valence-electron chi connectivity index (χ2n) is 6.40. The zero-order valence-corrected chi connectivity index (χ0v) is 12.5. The summed E-state index contributed by atoms with van der Waals surface area (Å²) in [6.07, 6.45) is 1.99. The van der Waals surface area contributed by atoms with Gasteiger partial charge in [-0.1, -0.05) is 19.9 Å². The van der Waals surface area contributed by atoms with Crippen LogP contribution in [-0.2, 0) is 6.54 Å². The Kier molecular flexibility index (Phi) is 4.27. The van der Waals surface area contributed by atoms with Gasteiger partial charge >= 0.3 is 0 Å². The highest BCUT2D eigenvalue weighted by Crippen LogP contribution is 2.16. The van der Waals surface area contributed by atoms with Crippen LogP contribution in [0, 0.1) is 5.41 Å². The van der Waals surface area contributed by atoms with Gasteiger partial charge < -0.3 is 15.2 Å². The molecular weight excluding hydrogens is 234 g/mol. The van der Waals surface area contributed by atoms with Crippen molar-refractivity contribution in [1.82, 2.24) is 15.2 Å². The molecule has 104 valence electrons. The highest BCUT2D eigenvalue weighted by Gasteiger charge is 2.17. The quantitative estimate of drug-likeness (QED) is 0.836. The lowest BCUT2D eigenvalue weighted by atomic mass is 9.93. The molecular formula is C16H25N3. The maximum absolute atomic E-state index is 3.57. The number of benzene rings is 1. The van der Waals surface area contributed by atoms with Crippen molar-refractivity contribution in [2.75, 3.05) is 27.2 Å². The fraction of sp³-hybridized carbons (Fsp3) is 0.500. The minimum atomic E-state index is 0.293. The van der Waals surface area contributed by atoms with Crippen LogP contribution in [0.5, 0.6) is 0 Å². The number of nitrogens with zero attached hydrogens (tertiary/aromatic N) is 1. The van der Waals surface area contributed by atoms with Crippen molar-refractivity contribution < 1.29 is 0 Å². The van der Waals surface area contributed by atoms with Gasteiger partial charge in [-0.3, -0.25) is 0 Å². The summed E-state index contributed by atoms with van der Waals surface area (Å²) in [7, 11) is 4.25. The van der Waals surface area contributed by atoms with E-state index in [-0.39, 0.29) is 0 Å². The molecule has 0 aliphatic carbocycles. The fourth-order valence-electron chi connectivity index (χ4n) is 2.67. The summed E-state index contributed by atoms with van der Waals surface area (Å²) < 4.78 is 0. The molecule has 0 aliphatic heterocycles. The predicted molar refractivity (Wildman–Crippen MR) is 82.3 cm³/mol. The van der Waals surface area contributed by atoms with Crippen LogP contribution >= 0.6 is 0 Å². The van der Waals surface area contributed by atoms with Gasteiger partial charge in [-0.05, 0) is 48.7 Å². The number of rotatable bonds is 6. The van der Waals surface area contributed by atoms with Crippen molar-refractivity contribution in [2.45, 2.75) is 20.4 Å². The van der Waals surface area contributed by atoms with E-state index in [9.17, 15) is 0 Å². The summed E-state index contributed by atoms with van der Waals surface area (Å²) in [4.78, 5) is 5.47. The number of aromatic nitrogens is 1. The van der Waals surface area contributed by atoms with Crippen molar-refractivity contribution in [3.05, 3.63) is 36.0 Å². The predicted octanol–water partition coefficient (Wildman–Crippen LogP) is 2.85. The average Bonchev–Trinajstić information content (AvgIpc) is 2.74. The molecule has 0 fully saturated rings. The third kappa shape index (κ3) is 4.08. The van der Waals surface area contributed by atoms with E-state index in [4.69, 9.17) is 0 Å². The minimum Gasteiger partial charge on any atom is -0.361 e. The van der Waals surface area contributed by atoms with Gasteiger partial charge in [0.15, 0.2) is 0 Å². The Labute approximate surface area is 116 Å². The zero-order chi connectivity index (χ0) is 13.9. The van der Waals surface area contributed by atoms with Gasteiger partial charge in [-0.2, -0.15) is 0 Å². The number of H-pyrrole nitrogens is 1. The number of nitrogens with one attached hydrogen (secondary N) is 2. The maximum atomic E-state index is 3.57. The van der Waals surface area contributed by atoms with Gasteiger partial charge in [-0.15, -0.1) is 0 Å². The van der Waals surface area contributed by atoms with Gasteiger partial charge in [0.1, 0.15) is 0 Å². The van der Waals surface area contributed by atoms with Crippen LogP contribution < -0.4 is 5.32 Å². The van der Waals surface area contributed by atoms with Gasteiger partial charge in [0.25, 0.3) is 0 Å². The average molecular weight is 259 g/mol. The van der Waals surface area contributed by atoms with Crippen LogP contribution in [0.25, 0.3) is 10.9 Å². The first-order valence-electron chi connectivity index (χ1n) is 6.88. The van der Waals surface area contributed by atoms with Crippen LogP contribution in [0.15, 0.2) is 30.5 Å². The first-order valence-corrected chi connectivity index (χ1v) is 6.88. The monoisotopic (exact) mass is 259 g/mol. The summed E-state index contributed by atoms with van der Waals surface area (Å²) in [5.41, 5.74) is 2.84. The summed E-state index contributed by atoms with van der Waals surface area (Å²) in [6.45, 7) is 7.65. The topological polar surface area (TPSA) is 31.1 Å². The third-order valence-electron chi connectivity index (χ3n) is 3.29. The molecule has 1 aromatic heterocycles. The molecule has 0 amide bonds. The van der Waals surface area contributed by atoms with Crippen molar-refractivity contribution in [3.8, 4) is 0 Å². The van der Waals surface area contributed by atoms with E-state index in [1.165, 1.54) is 16.5 Å². The SMILES string of the molecule is CN(C)CC(C)(C)CNCc1ccc2[nH]ccc2c1. The summed E-state index contributed by atoms with van der Waals surface area (Å²) in [5.74, 6) is 0. The molecule has 0 saturated heterocycles. The number of aromatic amines is 1. The van der Waals surface area contributed by atoms with Crippen molar-refractivity contribution in [2.24, 2.45) is 5.41 Å². The Hall–Kier alpha value is -1.32. The van der Waals surface area contributed by atoms with E-state index in [0.29, 0.717) is 5.41 Å². The number of fused-ring (bicyclic) bond motifs is 1. The molecule has 3 nitrogen and oxygen atoms in total. The number of hydrogen-bond donors (Lipinski definition) is 2. The third-order valence-corrected chi connectivity index (χ3v) is 3.29. The molecule has 1 aromatic carbocycles. The Balaban J connectivity index is 1.88. The minimum absolute atomic E-state index is 0.293. The van der Waals surface area contributed by atoms with Crippen LogP contribution in [-0.4, -0.2) is 37.1 Å². The largest absolute Gasteiger partial charge is 0.361 e. The van der Waals surface area contributed by atoms with Crippen molar-refractivity contribution in [3.63, 3.8) is 0 Å². The first kappa shape index (κ1) is 14.1. The van der Waals surface area contributed by atoms with Crippen LogP contribution in [0.2, 0.25) is 0 Å². The lowest BCUT2D eigenvalue weighted by Crippen LogP contribution is -2.37. The van der Waals surface area contributed by atoms with Crippen molar-refractivity contribution >= 4 is 10.9 Å². The molecule has 2 N–H and O–H groups in total. The Morgan fingerprint density at radius 3 is 2.74 bits per heavy atom. The second kappa shape index (κ2) is 5.76. The molecule has 0 radical (unpaired) electrons. The van der Waals surface area contributed by atoms with E-state index < -0.39 is 0 Å². The molecule has 0 bridgehead atoms. The molecule has 2 rings (SSSR count).